The van der Waals surface area contributed by atoms with E-state index in [9.17, 15) is 18.0 Å². The average molecular weight is 533 g/mol. The maximum Gasteiger partial charge on any atom is 0.319 e. The van der Waals surface area contributed by atoms with Gasteiger partial charge in [0.15, 0.2) is 15.6 Å². The van der Waals surface area contributed by atoms with E-state index >= 15 is 0 Å². The lowest BCUT2D eigenvalue weighted by atomic mass is 9.84. The van der Waals surface area contributed by atoms with E-state index in [0.717, 1.165) is 36.8 Å². The predicted octanol–water partition coefficient (Wildman–Crippen LogP) is 6.24. The van der Waals surface area contributed by atoms with Crippen LogP contribution in [0.15, 0.2) is 83.8 Å². The van der Waals surface area contributed by atoms with Crippen LogP contribution in [0.2, 0.25) is 0 Å². The van der Waals surface area contributed by atoms with Crippen molar-refractivity contribution in [2.24, 2.45) is 5.92 Å². The molecule has 0 spiro atoms. The fourth-order valence-electron chi connectivity index (χ4n) is 4.97. The smallest absolute Gasteiger partial charge is 0.319 e. The summed E-state index contributed by atoms with van der Waals surface area (Å²) in [7, 11) is -3.47. The molecule has 38 heavy (non-hydrogen) atoms. The molecule has 1 aliphatic rings. The number of anilines is 1. The molecule has 2 amide bonds. The Kier molecular flexibility index (Phi) is 9.34. The molecule has 1 saturated carbocycles. The highest BCUT2D eigenvalue weighted by Gasteiger charge is 2.25. The number of ketones is 1. The van der Waals surface area contributed by atoms with E-state index in [2.05, 4.69) is 10.6 Å². The van der Waals surface area contributed by atoms with Gasteiger partial charge in [0.1, 0.15) is 0 Å². The monoisotopic (exact) mass is 532 g/mol. The number of carbonyl (C=O) groups excluding carboxylic acids is 2. The first-order chi connectivity index (χ1) is 18.3. The van der Waals surface area contributed by atoms with E-state index in [1.807, 2.05) is 37.3 Å². The lowest BCUT2D eigenvalue weighted by Gasteiger charge is -2.24. The zero-order valence-corrected chi connectivity index (χ0v) is 22.7. The predicted molar refractivity (Wildman–Crippen MR) is 151 cm³/mol. The molecule has 0 unspecified atom stereocenters. The largest absolute Gasteiger partial charge is 0.328 e. The number of aryl methyl sites for hydroxylation is 1. The maximum absolute atomic E-state index is 13.2. The van der Waals surface area contributed by atoms with Gasteiger partial charge in [-0.25, -0.2) is 13.2 Å². The first kappa shape index (κ1) is 27.6. The maximum atomic E-state index is 13.2. The fraction of sp³-hybridized carbons (Fsp3) is 0.355. The number of amides is 2. The third-order valence-electron chi connectivity index (χ3n) is 7.14. The highest BCUT2D eigenvalue weighted by molar-refractivity contribution is 7.90. The summed E-state index contributed by atoms with van der Waals surface area (Å²) in [5.74, 6) is 0.327. The van der Waals surface area contributed by atoms with Crippen molar-refractivity contribution in [1.82, 2.24) is 5.32 Å². The number of hydrogen-bond donors (Lipinski definition) is 2. The van der Waals surface area contributed by atoms with E-state index in [0.29, 0.717) is 30.0 Å². The summed E-state index contributed by atoms with van der Waals surface area (Å²) in [4.78, 5) is 26.4. The van der Waals surface area contributed by atoms with Crippen molar-refractivity contribution in [3.63, 3.8) is 0 Å². The minimum atomic E-state index is -3.47. The van der Waals surface area contributed by atoms with Gasteiger partial charge < -0.3 is 10.6 Å². The van der Waals surface area contributed by atoms with Gasteiger partial charge in [-0.3, -0.25) is 4.79 Å². The molecule has 1 aliphatic carbocycles. The normalized spacial score (nSPS) is 15.0. The van der Waals surface area contributed by atoms with Crippen molar-refractivity contribution in [2.75, 3.05) is 5.32 Å². The molecule has 1 atom stereocenters. The van der Waals surface area contributed by atoms with E-state index in [1.54, 1.807) is 48.5 Å². The third-order valence-corrected chi connectivity index (χ3v) is 8.84. The quantitative estimate of drug-likeness (QED) is 0.323. The molecule has 3 aromatic rings. The zero-order chi connectivity index (χ0) is 27.0. The molecule has 200 valence electrons. The second kappa shape index (κ2) is 12.9. The van der Waals surface area contributed by atoms with E-state index in [4.69, 9.17) is 0 Å². The van der Waals surface area contributed by atoms with Gasteiger partial charge in [0, 0.05) is 12.1 Å². The molecule has 2 N–H and O–H groups in total. The summed E-state index contributed by atoms with van der Waals surface area (Å²) < 4.78 is 25.5. The molecule has 0 aromatic heterocycles. The van der Waals surface area contributed by atoms with Gasteiger partial charge in [0.05, 0.1) is 16.7 Å². The van der Waals surface area contributed by atoms with E-state index < -0.39 is 21.9 Å². The number of urea groups is 1. The molecular formula is C31H36N2O4S. The Bertz CT molecular complexity index is 1310. The van der Waals surface area contributed by atoms with Crippen LogP contribution in [0.5, 0.6) is 0 Å². The van der Waals surface area contributed by atoms with Gasteiger partial charge in [-0.1, -0.05) is 92.3 Å². The van der Waals surface area contributed by atoms with Crippen LogP contribution in [-0.4, -0.2) is 26.3 Å². The summed E-state index contributed by atoms with van der Waals surface area (Å²) >= 11 is 0. The standard InChI is InChI=1S/C31H36N2O4S/c1-23-12-18-28(19-13-23)38(36,37)22-26-14-16-27(17-15-26)32-31(35)33-29(20-24-8-4-2-5-9-24)30(34)21-25-10-6-3-7-11-25/h2,4-5,8-9,12-19,25,29H,3,6-7,10-11,20-22H2,1H3,(H2,32,33,35)/t29-/m1/s1. The van der Waals surface area contributed by atoms with Crippen LogP contribution in [-0.2, 0) is 26.8 Å². The van der Waals surface area contributed by atoms with Crippen LogP contribution in [0, 0.1) is 12.8 Å². The molecule has 0 heterocycles. The van der Waals surface area contributed by atoms with Crippen molar-refractivity contribution >= 4 is 27.3 Å². The Labute approximate surface area is 225 Å². The zero-order valence-electron chi connectivity index (χ0n) is 21.9. The number of sulfone groups is 1. The van der Waals surface area contributed by atoms with Gasteiger partial charge in [-0.15, -0.1) is 0 Å². The van der Waals surface area contributed by atoms with Gasteiger partial charge >= 0.3 is 6.03 Å². The van der Waals surface area contributed by atoms with Crippen LogP contribution < -0.4 is 10.6 Å². The molecule has 0 saturated heterocycles. The Morgan fingerprint density at radius 3 is 2.16 bits per heavy atom. The first-order valence-electron chi connectivity index (χ1n) is 13.3. The van der Waals surface area contributed by atoms with Crippen LogP contribution >= 0.6 is 0 Å². The second-order valence-corrected chi connectivity index (χ2v) is 12.3. The highest BCUT2D eigenvalue weighted by atomic mass is 32.2. The van der Waals surface area contributed by atoms with Crippen molar-refractivity contribution < 1.29 is 18.0 Å². The number of benzene rings is 3. The van der Waals surface area contributed by atoms with Crippen molar-refractivity contribution in [3.8, 4) is 0 Å². The first-order valence-corrected chi connectivity index (χ1v) is 15.0. The van der Waals surface area contributed by atoms with Crippen LogP contribution in [0.4, 0.5) is 10.5 Å². The Balaban J connectivity index is 1.37. The van der Waals surface area contributed by atoms with Gasteiger partial charge in [0.2, 0.25) is 0 Å². The minimum Gasteiger partial charge on any atom is -0.328 e. The molecule has 3 aromatic carbocycles. The second-order valence-electron chi connectivity index (χ2n) is 10.3. The lowest BCUT2D eigenvalue weighted by molar-refractivity contribution is -0.122. The summed E-state index contributed by atoms with van der Waals surface area (Å²) in [5.41, 5.74) is 3.15. The third kappa shape index (κ3) is 8.02. The molecule has 7 heteroatoms. The molecule has 6 nitrogen and oxygen atoms in total. The number of nitrogens with one attached hydrogen (secondary N) is 2. The topological polar surface area (TPSA) is 92.3 Å². The molecule has 0 bridgehead atoms. The molecule has 1 fully saturated rings. The van der Waals surface area contributed by atoms with Crippen molar-refractivity contribution in [3.05, 3.63) is 95.6 Å². The Hall–Kier alpha value is -3.45. The summed E-state index contributed by atoms with van der Waals surface area (Å²) in [6, 6.07) is 22.2. The van der Waals surface area contributed by atoms with Gasteiger partial charge in [-0.2, -0.15) is 0 Å². The number of hydrogen-bond acceptors (Lipinski definition) is 4. The fourth-order valence-corrected chi connectivity index (χ4v) is 6.32. The minimum absolute atomic E-state index is 0.0626. The molecule has 0 aliphatic heterocycles. The van der Waals surface area contributed by atoms with Crippen molar-refractivity contribution in [2.45, 2.75) is 68.6 Å². The molecule has 4 rings (SSSR count). The highest BCUT2D eigenvalue weighted by Crippen LogP contribution is 2.27. The van der Waals surface area contributed by atoms with E-state index in [1.165, 1.54) is 6.42 Å². The van der Waals surface area contributed by atoms with E-state index in [-0.39, 0.29) is 16.4 Å². The summed E-state index contributed by atoms with van der Waals surface area (Å²) in [5, 5.41) is 5.68. The van der Waals surface area contributed by atoms with Crippen molar-refractivity contribution in [1.29, 1.82) is 0 Å². The van der Waals surface area contributed by atoms with Crippen LogP contribution in [0.3, 0.4) is 0 Å². The Morgan fingerprint density at radius 2 is 1.50 bits per heavy atom. The Morgan fingerprint density at radius 1 is 0.842 bits per heavy atom. The van der Waals surface area contributed by atoms with Gasteiger partial charge in [0.25, 0.3) is 0 Å². The number of Topliss-reactive ketones (excluding diaryl/α,β-unsaturated/α-hetero) is 1. The SMILES string of the molecule is Cc1ccc(S(=O)(=O)Cc2ccc(NC(=O)N[C@H](Cc3ccccc3)C(=O)CC3CCCCC3)cc2)cc1. The molecule has 0 radical (unpaired) electrons. The number of rotatable bonds is 10. The van der Waals surface area contributed by atoms with Crippen LogP contribution in [0.1, 0.15) is 55.2 Å². The average Bonchev–Trinajstić information content (AvgIpc) is 2.91. The van der Waals surface area contributed by atoms with Crippen LogP contribution in [0.25, 0.3) is 0 Å². The lowest BCUT2D eigenvalue weighted by Crippen LogP contribution is -2.45. The summed E-state index contributed by atoms with van der Waals surface area (Å²) in [6.45, 7) is 1.91. The van der Waals surface area contributed by atoms with Gasteiger partial charge in [-0.05, 0) is 54.7 Å². The summed E-state index contributed by atoms with van der Waals surface area (Å²) in [6.07, 6.45) is 6.63. The molecular weight excluding hydrogens is 496 g/mol. The number of carbonyl (C=O) groups is 2.